The molecule has 0 aromatic rings. The summed E-state index contributed by atoms with van der Waals surface area (Å²) in [6.07, 6.45) is 8.81. The smallest absolute Gasteiger partial charge is 0.331 e. The molecule has 0 aromatic carbocycles. The molecule has 0 spiro atoms. The Morgan fingerprint density at radius 1 is 1.11 bits per heavy atom. The van der Waals surface area contributed by atoms with Crippen LogP contribution < -0.4 is 5.73 Å². The quantitative estimate of drug-likeness (QED) is 0.599. The molecule has 5 rings (SSSR count). The van der Waals surface area contributed by atoms with E-state index in [0.29, 0.717) is 24.9 Å². The summed E-state index contributed by atoms with van der Waals surface area (Å²) in [5, 5.41) is 22.4. The third-order valence-corrected chi connectivity index (χ3v) is 10.2. The van der Waals surface area contributed by atoms with Crippen molar-refractivity contribution >= 4 is 5.97 Å². The first-order valence-corrected chi connectivity index (χ1v) is 11.2. The number of fused-ring (bicyclic) bond motifs is 5. The molecule has 4 N–H and O–H groups in total. The van der Waals surface area contributed by atoms with Crippen LogP contribution in [0.5, 0.6) is 0 Å². The summed E-state index contributed by atoms with van der Waals surface area (Å²) in [6.45, 7) is 4.99. The van der Waals surface area contributed by atoms with Crippen molar-refractivity contribution in [3.63, 3.8) is 0 Å². The molecule has 1 aliphatic heterocycles. The van der Waals surface area contributed by atoms with Gasteiger partial charge < -0.3 is 20.7 Å². The number of cyclic esters (lactones) is 1. The van der Waals surface area contributed by atoms with Crippen LogP contribution in [0.15, 0.2) is 11.6 Å². The molecule has 4 aliphatic carbocycles. The van der Waals surface area contributed by atoms with Crippen molar-refractivity contribution in [2.75, 3.05) is 6.61 Å². The number of aliphatic hydroxyl groups excluding tert-OH is 1. The van der Waals surface area contributed by atoms with Crippen molar-refractivity contribution in [3.05, 3.63) is 11.6 Å². The van der Waals surface area contributed by atoms with Crippen LogP contribution in [0.4, 0.5) is 0 Å². The van der Waals surface area contributed by atoms with Gasteiger partial charge in [-0.2, -0.15) is 0 Å². The molecule has 0 bridgehead atoms. The number of carbonyl (C=O) groups is 1. The molecule has 0 aromatic heterocycles. The second-order valence-corrected chi connectivity index (χ2v) is 10.9. The van der Waals surface area contributed by atoms with E-state index in [0.717, 1.165) is 50.5 Å². The summed E-state index contributed by atoms with van der Waals surface area (Å²) in [4.78, 5) is 11.6. The number of ether oxygens (including phenoxy) is 1. The number of aliphatic hydroxyl groups is 2. The average molecular weight is 390 g/mol. The maximum Gasteiger partial charge on any atom is 0.331 e. The van der Waals surface area contributed by atoms with Crippen molar-refractivity contribution < 1.29 is 19.7 Å². The first kappa shape index (κ1) is 19.1. The maximum absolute atomic E-state index is 12.2. The van der Waals surface area contributed by atoms with Gasteiger partial charge in [0.05, 0.1) is 11.7 Å². The van der Waals surface area contributed by atoms with Crippen molar-refractivity contribution in [3.8, 4) is 0 Å². The van der Waals surface area contributed by atoms with E-state index in [1.807, 2.05) is 0 Å². The molecule has 0 saturated heterocycles. The summed E-state index contributed by atoms with van der Waals surface area (Å²) in [5.74, 6) is 1.14. The number of hydrogen-bond donors (Lipinski definition) is 3. The first-order chi connectivity index (χ1) is 13.2. The maximum atomic E-state index is 12.2. The molecular weight excluding hydrogens is 354 g/mol. The number of rotatable bonds is 1. The molecular formula is C23H35NO4. The standard InChI is InChI=1S/C23H35NO4/c1-21-7-5-17-18(4-3-14-10-15(25)11-19(24)22(14,17)2)23(21,27)8-6-16(21)13-9-20(26)28-12-13/h9,14-19,25,27H,3-8,10-12,24H2,1-2H3/t14-,15-,16-,17+,18-,19?,21-,22+,23+/m1/s1. The van der Waals surface area contributed by atoms with Crippen LogP contribution in [0.25, 0.3) is 0 Å². The first-order valence-electron chi connectivity index (χ1n) is 11.2. The number of carbonyl (C=O) groups excluding carboxylic acids is 1. The molecule has 156 valence electrons. The predicted octanol–water partition coefficient (Wildman–Crippen LogP) is 2.54. The lowest BCUT2D eigenvalue weighted by Gasteiger charge is -2.65. The van der Waals surface area contributed by atoms with Crippen LogP contribution >= 0.6 is 0 Å². The highest BCUT2D eigenvalue weighted by molar-refractivity contribution is 5.85. The van der Waals surface area contributed by atoms with E-state index in [9.17, 15) is 15.0 Å². The van der Waals surface area contributed by atoms with Gasteiger partial charge in [0.2, 0.25) is 0 Å². The Bertz CT molecular complexity index is 721. The summed E-state index contributed by atoms with van der Waals surface area (Å²) >= 11 is 0. The fourth-order valence-electron chi connectivity index (χ4n) is 8.54. The molecule has 5 heteroatoms. The van der Waals surface area contributed by atoms with Crippen LogP contribution in [0.2, 0.25) is 0 Å². The molecule has 1 heterocycles. The third-order valence-electron chi connectivity index (χ3n) is 10.2. The van der Waals surface area contributed by atoms with Gasteiger partial charge in [0.15, 0.2) is 0 Å². The van der Waals surface area contributed by atoms with Gasteiger partial charge in [-0.25, -0.2) is 4.79 Å². The molecule has 0 radical (unpaired) electrons. The minimum Gasteiger partial charge on any atom is -0.458 e. The highest BCUT2D eigenvalue weighted by Crippen LogP contribution is 2.69. The average Bonchev–Trinajstić information content (AvgIpc) is 3.17. The Kier molecular flexibility index (Phi) is 4.12. The number of nitrogens with two attached hydrogens (primary N) is 1. The van der Waals surface area contributed by atoms with Crippen LogP contribution in [0.3, 0.4) is 0 Å². The van der Waals surface area contributed by atoms with Crippen LogP contribution in [-0.2, 0) is 9.53 Å². The topological polar surface area (TPSA) is 92.8 Å². The van der Waals surface area contributed by atoms with Gasteiger partial charge in [0, 0.05) is 17.5 Å². The molecule has 4 saturated carbocycles. The van der Waals surface area contributed by atoms with E-state index < -0.39 is 5.60 Å². The van der Waals surface area contributed by atoms with Crippen LogP contribution in [-0.4, -0.2) is 40.5 Å². The van der Waals surface area contributed by atoms with Crippen LogP contribution in [0.1, 0.15) is 65.2 Å². The van der Waals surface area contributed by atoms with E-state index in [1.165, 1.54) is 0 Å². The lowest BCUT2D eigenvalue weighted by Crippen LogP contribution is -2.66. The molecule has 1 unspecified atom stereocenters. The van der Waals surface area contributed by atoms with Crippen molar-refractivity contribution in [2.45, 2.75) is 83.0 Å². The number of esters is 1. The zero-order valence-corrected chi connectivity index (χ0v) is 17.2. The van der Waals surface area contributed by atoms with Gasteiger partial charge in [0.1, 0.15) is 6.61 Å². The second-order valence-electron chi connectivity index (χ2n) is 10.9. The zero-order valence-electron chi connectivity index (χ0n) is 17.2. The summed E-state index contributed by atoms with van der Waals surface area (Å²) in [6, 6.07) is 0.00256. The Hall–Kier alpha value is -0.910. The molecule has 5 nitrogen and oxygen atoms in total. The van der Waals surface area contributed by atoms with Gasteiger partial charge in [-0.1, -0.05) is 13.8 Å². The van der Waals surface area contributed by atoms with Gasteiger partial charge >= 0.3 is 5.97 Å². The van der Waals surface area contributed by atoms with Gasteiger partial charge in [-0.3, -0.25) is 0 Å². The van der Waals surface area contributed by atoms with E-state index in [-0.39, 0.29) is 40.8 Å². The monoisotopic (exact) mass is 389 g/mol. The van der Waals surface area contributed by atoms with E-state index in [4.69, 9.17) is 10.5 Å². The Balaban J connectivity index is 1.49. The highest BCUT2D eigenvalue weighted by Gasteiger charge is 2.68. The summed E-state index contributed by atoms with van der Waals surface area (Å²) < 4.78 is 5.20. The van der Waals surface area contributed by atoms with Gasteiger partial charge in [-0.05, 0) is 86.0 Å². The molecule has 28 heavy (non-hydrogen) atoms. The lowest BCUT2D eigenvalue weighted by molar-refractivity contribution is -0.211. The zero-order chi connectivity index (χ0) is 19.9. The Morgan fingerprint density at radius 2 is 1.89 bits per heavy atom. The van der Waals surface area contributed by atoms with Crippen LogP contribution in [0, 0.1) is 34.5 Å². The van der Waals surface area contributed by atoms with Crippen molar-refractivity contribution in [2.24, 2.45) is 40.2 Å². The molecule has 5 aliphatic rings. The molecule has 9 atom stereocenters. The fraction of sp³-hybridized carbons (Fsp3) is 0.870. The largest absolute Gasteiger partial charge is 0.458 e. The highest BCUT2D eigenvalue weighted by atomic mass is 16.5. The Labute approximate surface area is 167 Å². The molecule has 4 fully saturated rings. The normalized spacial score (nSPS) is 55.8. The Morgan fingerprint density at radius 3 is 2.61 bits per heavy atom. The van der Waals surface area contributed by atoms with Crippen molar-refractivity contribution in [1.29, 1.82) is 0 Å². The van der Waals surface area contributed by atoms with Crippen molar-refractivity contribution in [1.82, 2.24) is 0 Å². The third kappa shape index (κ3) is 2.27. The fourth-order valence-corrected chi connectivity index (χ4v) is 8.54. The summed E-state index contributed by atoms with van der Waals surface area (Å²) in [7, 11) is 0. The predicted molar refractivity (Wildman–Crippen MR) is 105 cm³/mol. The van der Waals surface area contributed by atoms with Gasteiger partial charge in [0.25, 0.3) is 0 Å². The lowest BCUT2D eigenvalue weighted by atomic mass is 9.42. The van der Waals surface area contributed by atoms with E-state index in [1.54, 1.807) is 6.08 Å². The second kappa shape index (κ2) is 6.05. The van der Waals surface area contributed by atoms with E-state index in [2.05, 4.69) is 13.8 Å². The van der Waals surface area contributed by atoms with E-state index >= 15 is 0 Å². The minimum atomic E-state index is -0.698. The van der Waals surface area contributed by atoms with Gasteiger partial charge in [-0.15, -0.1) is 0 Å². The number of hydrogen-bond acceptors (Lipinski definition) is 5. The minimum absolute atomic E-state index is 0.00256. The SMILES string of the molecule is C[C@]12C(N)C[C@H](O)C[C@H]1CC[C@@H]1[C@@H]2CC[C@]2(C)[C@@H](C3=CC(=O)OC3)CC[C@]12O. The summed E-state index contributed by atoms with van der Waals surface area (Å²) in [5.41, 5.74) is 6.86. The molecule has 0 amide bonds.